The van der Waals surface area contributed by atoms with Crippen molar-refractivity contribution >= 4 is 40.8 Å². The van der Waals surface area contributed by atoms with E-state index in [1.54, 1.807) is 36.4 Å². The van der Waals surface area contributed by atoms with Gasteiger partial charge in [0.05, 0.1) is 22.8 Å². The molecular formula is C32H26ClFN2O5. The first-order valence-corrected chi connectivity index (χ1v) is 13.4. The van der Waals surface area contributed by atoms with Crippen molar-refractivity contribution in [2.75, 3.05) is 16.8 Å². The highest BCUT2D eigenvalue weighted by atomic mass is 35.5. The van der Waals surface area contributed by atoms with E-state index in [-0.39, 0.29) is 28.9 Å². The van der Waals surface area contributed by atoms with Gasteiger partial charge in [-0.2, -0.15) is 0 Å². The Bertz CT molecular complexity index is 1670. The number of rotatable bonds is 5. The van der Waals surface area contributed by atoms with Crippen LogP contribution in [0.5, 0.6) is 0 Å². The predicted octanol–water partition coefficient (Wildman–Crippen LogP) is 6.88. The summed E-state index contributed by atoms with van der Waals surface area (Å²) < 4.78 is 14.9. The molecule has 2 amide bonds. The van der Waals surface area contributed by atoms with Gasteiger partial charge >= 0.3 is 5.97 Å². The van der Waals surface area contributed by atoms with Crippen LogP contribution < -0.4 is 10.2 Å². The van der Waals surface area contributed by atoms with Crippen LogP contribution in [0.2, 0.25) is 5.02 Å². The highest BCUT2D eigenvalue weighted by molar-refractivity contribution is 6.30. The van der Waals surface area contributed by atoms with Crippen LogP contribution in [0.1, 0.15) is 61.1 Å². The van der Waals surface area contributed by atoms with Gasteiger partial charge in [0.15, 0.2) is 0 Å². The summed E-state index contributed by atoms with van der Waals surface area (Å²) in [5.41, 5.74) is 2.44. The lowest BCUT2D eigenvalue weighted by Crippen LogP contribution is -2.33. The number of benzene rings is 4. The van der Waals surface area contributed by atoms with Crippen molar-refractivity contribution in [3.05, 3.63) is 118 Å². The summed E-state index contributed by atoms with van der Waals surface area (Å²) in [7, 11) is 0. The number of carboxylic acids is 1. The molecule has 1 atom stereocenters. The molecule has 1 aliphatic rings. The maximum absolute atomic E-state index is 14.9. The summed E-state index contributed by atoms with van der Waals surface area (Å²) in [6.45, 7) is 2.18. The molecule has 3 N–H and O–H groups in total. The van der Waals surface area contributed by atoms with Gasteiger partial charge in [-0.3, -0.25) is 9.59 Å². The number of hydrogen-bond donors (Lipinski definition) is 3. The largest absolute Gasteiger partial charge is 0.478 e. The van der Waals surface area contributed by atoms with Crippen LogP contribution in [0, 0.1) is 12.7 Å². The average Bonchev–Trinajstić information content (AvgIpc) is 3.11. The van der Waals surface area contributed by atoms with Crippen molar-refractivity contribution in [2.45, 2.75) is 25.9 Å². The van der Waals surface area contributed by atoms with Gasteiger partial charge in [-0.05, 0) is 73.4 Å². The summed E-state index contributed by atoms with van der Waals surface area (Å²) >= 11 is 6.12. The Morgan fingerprint density at radius 1 is 0.976 bits per heavy atom. The first-order chi connectivity index (χ1) is 19.6. The number of carbonyl (C=O) groups excluding carboxylic acids is 2. The quantitative estimate of drug-likeness (QED) is 0.242. The van der Waals surface area contributed by atoms with Crippen molar-refractivity contribution in [1.82, 2.24) is 0 Å². The number of carbonyl (C=O) groups is 3. The fourth-order valence-corrected chi connectivity index (χ4v) is 5.20. The molecular weight excluding hydrogens is 547 g/mol. The van der Waals surface area contributed by atoms with Crippen LogP contribution in [-0.2, 0) is 0 Å². The number of nitrogens with one attached hydrogen (secondary N) is 1. The molecule has 208 valence electrons. The summed E-state index contributed by atoms with van der Waals surface area (Å²) in [6.07, 6.45) is 0.0807. The smallest absolute Gasteiger partial charge is 0.336 e. The maximum atomic E-state index is 14.9. The minimum absolute atomic E-state index is 0.0838. The Labute approximate surface area is 240 Å². The predicted molar refractivity (Wildman–Crippen MR) is 155 cm³/mol. The topological polar surface area (TPSA) is 107 Å². The third kappa shape index (κ3) is 5.70. The number of amides is 2. The molecule has 0 spiro atoms. The molecule has 1 aliphatic heterocycles. The summed E-state index contributed by atoms with van der Waals surface area (Å²) in [4.78, 5) is 40.6. The fourth-order valence-electron chi connectivity index (χ4n) is 5.02. The van der Waals surface area contributed by atoms with E-state index in [4.69, 9.17) is 11.6 Å². The van der Waals surface area contributed by atoms with Gasteiger partial charge in [-0.15, -0.1) is 0 Å². The first kappa shape index (κ1) is 28.0. The molecule has 0 fully saturated rings. The van der Waals surface area contributed by atoms with E-state index in [0.29, 0.717) is 40.2 Å². The van der Waals surface area contributed by atoms with E-state index in [1.807, 2.05) is 19.1 Å². The molecule has 0 radical (unpaired) electrons. The zero-order valence-electron chi connectivity index (χ0n) is 22.0. The molecule has 0 aliphatic carbocycles. The molecule has 0 saturated carbocycles. The lowest BCUT2D eigenvalue weighted by Gasteiger charge is -2.24. The normalized spacial score (nSPS) is 14.6. The van der Waals surface area contributed by atoms with Crippen LogP contribution in [-0.4, -0.2) is 34.5 Å². The second-order valence-corrected chi connectivity index (χ2v) is 10.3. The molecule has 1 heterocycles. The highest BCUT2D eigenvalue weighted by Crippen LogP contribution is 2.36. The van der Waals surface area contributed by atoms with Crippen LogP contribution >= 0.6 is 11.6 Å². The Morgan fingerprint density at radius 3 is 2.46 bits per heavy atom. The molecule has 4 aromatic carbocycles. The second kappa shape index (κ2) is 11.5. The first-order valence-electron chi connectivity index (χ1n) is 13.0. The van der Waals surface area contributed by atoms with Gasteiger partial charge in [-0.25, -0.2) is 9.18 Å². The highest BCUT2D eigenvalue weighted by Gasteiger charge is 2.29. The molecule has 0 aromatic heterocycles. The fraction of sp³-hybridized carbons (Fsp3) is 0.156. The molecule has 1 unspecified atom stereocenters. The second-order valence-electron chi connectivity index (χ2n) is 9.87. The SMILES string of the molecule is Cc1ccc(-c2cccc(F)c2C(=O)Nc2ccc(C(=O)N3CCCC(O)c4cc(Cl)ccc43)c(C(=O)O)c2)cc1. The van der Waals surface area contributed by atoms with Crippen molar-refractivity contribution in [3.8, 4) is 11.1 Å². The minimum Gasteiger partial charge on any atom is -0.478 e. The molecule has 5 rings (SSSR count). The number of anilines is 2. The van der Waals surface area contributed by atoms with E-state index >= 15 is 0 Å². The van der Waals surface area contributed by atoms with Gasteiger partial charge < -0.3 is 20.4 Å². The molecule has 9 heteroatoms. The van der Waals surface area contributed by atoms with Crippen molar-refractivity contribution in [2.24, 2.45) is 0 Å². The third-order valence-corrected chi connectivity index (χ3v) is 7.32. The number of aliphatic hydroxyl groups is 1. The number of nitrogens with zero attached hydrogens (tertiary/aromatic N) is 1. The lowest BCUT2D eigenvalue weighted by molar-refractivity contribution is 0.0691. The van der Waals surface area contributed by atoms with Gasteiger partial charge in [0.25, 0.3) is 11.8 Å². The summed E-state index contributed by atoms with van der Waals surface area (Å²) in [5.74, 6) is -3.44. The number of carboxylic acid groups (broad SMARTS) is 1. The standard InChI is InChI=1S/C32H26ClFN2O5/c1-18-7-9-19(10-8-18)22-4-2-5-26(34)29(22)30(38)35-21-12-13-23(24(17-21)32(40)41)31(39)36-15-3-6-28(37)25-16-20(33)11-14-27(25)36/h2,4-5,7-14,16-17,28,37H,3,6,15H2,1H3,(H,35,38)(H,40,41). The van der Waals surface area contributed by atoms with Crippen molar-refractivity contribution in [1.29, 1.82) is 0 Å². The number of aryl methyl sites for hydroxylation is 1. The molecule has 0 bridgehead atoms. The Hall–Kier alpha value is -4.53. The summed E-state index contributed by atoms with van der Waals surface area (Å²) in [5, 5.41) is 23.5. The van der Waals surface area contributed by atoms with Gasteiger partial charge in [0.2, 0.25) is 0 Å². The monoisotopic (exact) mass is 572 g/mol. The van der Waals surface area contributed by atoms with E-state index < -0.39 is 29.7 Å². The van der Waals surface area contributed by atoms with Gasteiger partial charge in [0.1, 0.15) is 5.82 Å². The number of aliphatic hydroxyl groups excluding tert-OH is 1. The van der Waals surface area contributed by atoms with Crippen LogP contribution in [0.15, 0.2) is 78.9 Å². The van der Waals surface area contributed by atoms with E-state index in [0.717, 1.165) is 5.56 Å². The number of hydrogen-bond acceptors (Lipinski definition) is 4. The van der Waals surface area contributed by atoms with E-state index in [9.17, 15) is 29.0 Å². The maximum Gasteiger partial charge on any atom is 0.336 e. The molecule has 41 heavy (non-hydrogen) atoms. The van der Waals surface area contributed by atoms with Crippen LogP contribution in [0.4, 0.5) is 15.8 Å². The average molecular weight is 573 g/mol. The Morgan fingerprint density at radius 2 is 1.73 bits per heavy atom. The van der Waals surface area contributed by atoms with Gasteiger partial charge in [0, 0.05) is 28.5 Å². The zero-order valence-corrected chi connectivity index (χ0v) is 22.8. The van der Waals surface area contributed by atoms with Gasteiger partial charge in [-0.1, -0.05) is 53.6 Å². The lowest BCUT2D eigenvalue weighted by atomic mass is 9.97. The van der Waals surface area contributed by atoms with Crippen molar-refractivity contribution < 1.29 is 29.0 Å². The minimum atomic E-state index is -1.37. The zero-order chi connectivity index (χ0) is 29.3. The Balaban J connectivity index is 1.47. The van der Waals surface area contributed by atoms with Crippen LogP contribution in [0.3, 0.4) is 0 Å². The summed E-state index contributed by atoms with van der Waals surface area (Å²) in [6, 6.07) is 20.3. The molecule has 4 aromatic rings. The number of fused-ring (bicyclic) bond motifs is 1. The molecule has 0 saturated heterocycles. The Kier molecular flexibility index (Phi) is 7.88. The van der Waals surface area contributed by atoms with E-state index in [1.165, 1.54) is 35.2 Å². The molecule has 7 nitrogen and oxygen atoms in total. The van der Waals surface area contributed by atoms with E-state index in [2.05, 4.69) is 5.32 Å². The van der Waals surface area contributed by atoms with Crippen molar-refractivity contribution in [3.63, 3.8) is 0 Å². The number of aromatic carboxylic acids is 1. The third-order valence-electron chi connectivity index (χ3n) is 7.09. The number of halogens is 2. The van der Waals surface area contributed by atoms with Crippen LogP contribution in [0.25, 0.3) is 11.1 Å².